The third-order valence-corrected chi connectivity index (χ3v) is 5.10. The van der Waals surface area contributed by atoms with Crippen LogP contribution in [0, 0.1) is 0 Å². The molecule has 0 saturated carbocycles. The van der Waals surface area contributed by atoms with E-state index < -0.39 is 0 Å². The third-order valence-electron chi connectivity index (χ3n) is 4.86. The van der Waals surface area contributed by atoms with Crippen LogP contribution in [-0.2, 0) is 0 Å². The summed E-state index contributed by atoms with van der Waals surface area (Å²) in [5.41, 5.74) is 1.27. The zero-order valence-electron chi connectivity index (χ0n) is 15.4. The van der Waals surface area contributed by atoms with Gasteiger partial charge in [-0.2, -0.15) is 0 Å². The normalized spacial score (nSPS) is 15.8. The molecule has 0 unspecified atom stereocenters. The summed E-state index contributed by atoms with van der Waals surface area (Å²) >= 11 is 6.10. The van der Waals surface area contributed by atoms with Crippen molar-refractivity contribution < 1.29 is 19.1 Å². The van der Waals surface area contributed by atoms with E-state index in [4.69, 9.17) is 21.1 Å². The van der Waals surface area contributed by atoms with Crippen molar-refractivity contribution in [2.75, 3.05) is 31.6 Å². The molecule has 28 heavy (non-hydrogen) atoms. The maximum absolute atomic E-state index is 12.8. The van der Waals surface area contributed by atoms with Gasteiger partial charge in [-0.25, -0.2) is 0 Å². The monoisotopic (exact) mass is 400 g/mol. The lowest BCUT2D eigenvalue weighted by atomic mass is 10.1. The Hall–Kier alpha value is -2.73. The number of fused-ring (bicyclic) bond motifs is 1. The molecule has 0 atom stereocenters. The van der Waals surface area contributed by atoms with E-state index in [-0.39, 0.29) is 11.8 Å². The van der Waals surface area contributed by atoms with Crippen LogP contribution >= 0.6 is 11.6 Å². The Bertz CT molecular complexity index is 909. The van der Waals surface area contributed by atoms with Gasteiger partial charge in [0.15, 0.2) is 11.5 Å². The highest BCUT2D eigenvalue weighted by molar-refractivity contribution is 6.31. The Balaban J connectivity index is 1.58. The number of hydrogen-bond donors (Lipinski definition) is 1. The van der Waals surface area contributed by atoms with Crippen LogP contribution < -0.4 is 14.8 Å². The van der Waals surface area contributed by atoms with Crippen molar-refractivity contribution in [3.05, 3.63) is 52.5 Å². The van der Waals surface area contributed by atoms with Gasteiger partial charge in [0.2, 0.25) is 0 Å². The maximum atomic E-state index is 12.8. The molecule has 1 N–H and O–H groups in total. The Morgan fingerprint density at radius 1 is 0.929 bits per heavy atom. The molecule has 1 fully saturated rings. The van der Waals surface area contributed by atoms with Crippen LogP contribution in [0.25, 0.3) is 0 Å². The number of nitrogens with one attached hydrogen (secondary N) is 1. The molecule has 0 spiro atoms. The van der Waals surface area contributed by atoms with Crippen LogP contribution in [0.15, 0.2) is 36.4 Å². The summed E-state index contributed by atoms with van der Waals surface area (Å²) in [6, 6.07) is 9.99. The third kappa shape index (κ3) is 3.92. The van der Waals surface area contributed by atoms with Gasteiger partial charge < -0.3 is 19.7 Å². The van der Waals surface area contributed by atoms with Crippen molar-refractivity contribution in [3.63, 3.8) is 0 Å². The molecule has 2 aromatic rings. The van der Waals surface area contributed by atoms with Crippen LogP contribution in [0.3, 0.4) is 0 Å². The lowest BCUT2D eigenvalue weighted by molar-refractivity contribution is 0.0794. The molecule has 0 aliphatic carbocycles. The fourth-order valence-electron chi connectivity index (χ4n) is 3.39. The van der Waals surface area contributed by atoms with E-state index in [1.54, 1.807) is 41.3 Å². The summed E-state index contributed by atoms with van der Waals surface area (Å²) in [7, 11) is 0. The van der Waals surface area contributed by atoms with E-state index in [0.29, 0.717) is 46.5 Å². The summed E-state index contributed by atoms with van der Waals surface area (Å²) in [6.07, 6.45) is 2.78. The first-order chi connectivity index (χ1) is 13.6. The van der Waals surface area contributed by atoms with Crippen molar-refractivity contribution >= 4 is 29.1 Å². The van der Waals surface area contributed by atoms with Crippen molar-refractivity contribution in [2.24, 2.45) is 0 Å². The first kappa shape index (κ1) is 18.6. The smallest absolute Gasteiger partial charge is 0.256 e. The largest absolute Gasteiger partial charge is 0.490 e. The predicted molar refractivity (Wildman–Crippen MR) is 107 cm³/mol. The van der Waals surface area contributed by atoms with E-state index in [0.717, 1.165) is 32.4 Å². The van der Waals surface area contributed by atoms with Crippen molar-refractivity contribution in [2.45, 2.75) is 19.3 Å². The molecule has 1 saturated heterocycles. The Labute approximate surface area is 168 Å². The summed E-state index contributed by atoms with van der Waals surface area (Å²) in [6.45, 7) is 2.58. The second-order valence-corrected chi connectivity index (χ2v) is 7.29. The van der Waals surface area contributed by atoms with E-state index in [1.165, 1.54) is 0 Å². The zero-order valence-corrected chi connectivity index (χ0v) is 16.1. The number of hydrogen-bond acceptors (Lipinski definition) is 4. The van der Waals surface area contributed by atoms with Gasteiger partial charge in [-0.1, -0.05) is 11.6 Å². The van der Waals surface area contributed by atoms with E-state index in [9.17, 15) is 9.59 Å². The molecular weight excluding hydrogens is 380 g/mol. The average molecular weight is 401 g/mol. The zero-order chi connectivity index (χ0) is 19.5. The molecule has 2 aliphatic heterocycles. The van der Waals surface area contributed by atoms with Gasteiger partial charge in [-0.15, -0.1) is 0 Å². The number of amides is 2. The fraction of sp³-hybridized carbons (Fsp3) is 0.333. The van der Waals surface area contributed by atoms with Gasteiger partial charge in [0, 0.05) is 30.1 Å². The first-order valence-corrected chi connectivity index (χ1v) is 9.79. The number of benzene rings is 2. The number of carbonyl (C=O) groups excluding carboxylic acids is 2. The Morgan fingerprint density at radius 3 is 2.46 bits per heavy atom. The second kappa shape index (κ2) is 8.10. The molecule has 0 bridgehead atoms. The number of ether oxygens (including phenoxy) is 2. The SMILES string of the molecule is O=C(Nc1ccc(Cl)cc1C(=O)N1CCCC1)c1ccc2c(c1)OCCCO2. The lowest BCUT2D eigenvalue weighted by Crippen LogP contribution is -2.28. The minimum atomic E-state index is -0.326. The molecule has 146 valence electrons. The topological polar surface area (TPSA) is 67.9 Å². The predicted octanol–water partition coefficient (Wildman–Crippen LogP) is 3.99. The van der Waals surface area contributed by atoms with Crippen LogP contribution in [0.4, 0.5) is 5.69 Å². The summed E-state index contributed by atoms with van der Waals surface area (Å²) in [5, 5.41) is 3.29. The van der Waals surface area contributed by atoms with Crippen LogP contribution in [0.2, 0.25) is 5.02 Å². The van der Waals surface area contributed by atoms with Crippen molar-refractivity contribution in [3.8, 4) is 11.5 Å². The second-order valence-electron chi connectivity index (χ2n) is 6.86. The minimum Gasteiger partial charge on any atom is -0.490 e. The maximum Gasteiger partial charge on any atom is 0.256 e. The summed E-state index contributed by atoms with van der Waals surface area (Å²) in [4.78, 5) is 27.4. The highest BCUT2D eigenvalue weighted by Crippen LogP contribution is 2.31. The lowest BCUT2D eigenvalue weighted by Gasteiger charge is -2.18. The summed E-state index contributed by atoms with van der Waals surface area (Å²) < 4.78 is 11.3. The molecule has 0 aromatic heterocycles. The highest BCUT2D eigenvalue weighted by Gasteiger charge is 2.23. The number of likely N-dealkylation sites (tertiary alicyclic amines) is 1. The number of carbonyl (C=O) groups is 2. The number of halogens is 1. The molecule has 6 nitrogen and oxygen atoms in total. The van der Waals surface area contributed by atoms with Gasteiger partial charge in [-0.3, -0.25) is 9.59 Å². The van der Waals surface area contributed by atoms with Gasteiger partial charge in [0.05, 0.1) is 24.5 Å². The van der Waals surface area contributed by atoms with Gasteiger partial charge in [0.1, 0.15) is 0 Å². The number of rotatable bonds is 3. The van der Waals surface area contributed by atoms with Crippen LogP contribution in [0.1, 0.15) is 40.0 Å². The minimum absolute atomic E-state index is 0.117. The van der Waals surface area contributed by atoms with Gasteiger partial charge >= 0.3 is 0 Å². The van der Waals surface area contributed by atoms with Crippen LogP contribution in [-0.4, -0.2) is 43.0 Å². The standard InChI is InChI=1S/C21H21ClN2O4/c22-15-5-6-17(16(13-15)21(26)24-8-1-2-9-24)23-20(25)14-4-7-18-19(12-14)28-11-3-10-27-18/h4-7,12-13H,1-3,8-11H2,(H,23,25). The van der Waals surface area contributed by atoms with Gasteiger partial charge in [-0.05, 0) is 49.2 Å². The summed E-state index contributed by atoms with van der Waals surface area (Å²) in [5.74, 6) is 0.738. The number of nitrogens with zero attached hydrogens (tertiary/aromatic N) is 1. The van der Waals surface area contributed by atoms with Crippen molar-refractivity contribution in [1.29, 1.82) is 0 Å². The highest BCUT2D eigenvalue weighted by atomic mass is 35.5. The molecule has 2 amide bonds. The fourth-order valence-corrected chi connectivity index (χ4v) is 3.56. The van der Waals surface area contributed by atoms with E-state index in [1.807, 2.05) is 0 Å². The van der Waals surface area contributed by atoms with Crippen LogP contribution in [0.5, 0.6) is 11.5 Å². The molecule has 4 rings (SSSR count). The molecule has 7 heteroatoms. The molecule has 2 heterocycles. The van der Waals surface area contributed by atoms with E-state index >= 15 is 0 Å². The molecule has 2 aromatic carbocycles. The van der Waals surface area contributed by atoms with Gasteiger partial charge in [0.25, 0.3) is 11.8 Å². The Kier molecular flexibility index (Phi) is 5.39. The van der Waals surface area contributed by atoms with E-state index in [2.05, 4.69) is 5.32 Å². The quantitative estimate of drug-likeness (QED) is 0.845. The Morgan fingerprint density at radius 2 is 1.68 bits per heavy atom. The molecule has 0 radical (unpaired) electrons. The van der Waals surface area contributed by atoms with Crippen molar-refractivity contribution in [1.82, 2.24) is 4.90 Å². The number of anilines is 1. The molecular formula is C21H21ClN2O4. The first-order valence-electron chi connectivity index (χ1n) is 9.41. The molecule has 2 aliphatic rings. The average Bonchev–Trinajstić information content (AvgIpc) is 3.14.